The minimum Gasteiger partial charge on any atom is -0.370 e. The molecule has 1 heterocycles. The summed E-state index contributed by atoms with van der Waals surface area (Å²) in [5.41, 5.74) is 1.10. The largest absolute Gasteiger partial charge is 0.370 e. The second kappa shape index (κ2) is 7.31. The number of nitrogens with one attached hydrogen (secondary N) is 2. The normalized spacial score (nSPS) is 14.0. The fraction of sp³-hybridized carbons (Fsp3) is 0.733. The quantitative estimate of drug-likeness (QED) is 0.787. The zero-order valence-electron chi connectivity index (χ0n) is 13.2. The predicted molar refractivity (Wildman–Crippen MR) is 82.8 cm³/mol. The van der Waals surface area contributed by atoms with E-state index >= 15 is 0 Å². The Hall–Kier alpha value is -1.32. The number of rotatable bonds is 7. The average molecular weight is 264 g/mol. The van der Waals surface area contributed by atoms with Crippen molar-refractivity contribution in [2.75, 3.05) is 17.2 Å². The van der Waals surface area contributed by atoms with E-state index < -0.39 is 0 Å². The van der Waals surface area contributed by atoms with Gasteiger partial charge in [0.15, 0.2) is 0 Å². The zero-order chi connectivity index (χ0) is 14.4. The van der Waals surface area contributed by atoms with Gasteiger partial charge in [-0.05, 0) is 40.0 Å². The first kappa shape index (κ1) is 15.7. The first-order valence-corrected chi connectivity index (χ1v) is 7.33. The highest BCUT2D eigenvalue weighted by atomic mass is 15.1. The van der Waals surface area contributed by atoms with Crippen molar-refractivity contribution in [3.8, 4) is 0 Å². The van der Waals surface area contributed by atoms with E-state index in [0.717, 1.165) is 41.9 Å². The third-order valence-corrected chi connectivity index (χ3v) is 3.44. The van der Waals surface area contributed by atoms with E-state index in [1.807, 2.05) is 6.92 Å². The van der Waals surface area contributed by atoms with Gasteiger partial charge in [-0.25, -0.2) is 9.97 Å². The molecule has 0 saturated carbocycles. The van der Waals surface area contributed by atoms with Gasteiger partial charge in [0.1, 0.15) is 17.5 Å². The van der Waals surface area contributed by atoms with E-state index in [0.29, 0.717) is 6.04 Å². The van der Waals surface area contributed by atoms with Gasteiger partial charge in [0.2, 0.25) is 0 Å². The van der Waals surface area contributed by atoms with Crippen LogP contribution in [0.25, 0.3) is 0 Å². The molecular formula is C15H28N4. The van der Waals surface area contributed by atoms with Crippen molar-refractivity contribution in [1.29, 1.82) is 0 Å². The van der Waals surface area contributed by atoms with E-state index in [-0.39, 0.29) is 0 Å². The minimum atomic E-state index is 0.428. The Kier molecular flexibility index (Phi) is 6.06. The van der Waals surface area contributed by atoms with Gasteiger partial charge in [0.05, 0.1) is 0 Å². The Balaban J connectivity index is 2.82. The van der Waals surface area contributed by atoms with Gasteiger partial charge in [0.25, 0.3) is 0 Å². The lowest BCUT2D eigenvalue weighted by molar-refractivity contribution is 0.483. The van der Waals surface area contributed by atoms with Gasteiger partial charge in [-0.15, -0.1) is 0 Å². The summed E-state index contributed by atoms with van der Waals surface area (Å²) in [5.74, 6) is 3.44. The summed E-state index contributed by atoms with van der Waals surface area (Å²) in [6.07, 6.45) is 2.38. The Morgan fingerprint density at radius 1 is 1.05 bits per heavy atom. The zero-order valence-corrected chi connectivity index (χ0v) is 13.2. The fourth-order valence-corrected chi connectivity index (χ4v) is 2.17. The number of hydrogen-bond acceptors (Lipinski definition) is 4. The summed E-state index contributed by atoms with van der Waals surface area (Å²) in [7, 11) is 0. The van der Waals surface area contributed by atoms with Crippen molar-refractivity contribution in [1.82, 2.24) is 9.97 Å². The van der Waals surface area contributed by atoms with Gasteiger partial charge >= 0.3 is 0 Å². The number of anilines is 2. The molecule has 1 aromatic heterocycles. The van der Waals surface area contributed by atoms with Crippen molar-refractivity contribution in [2.45, 2.75) is 60.4 Å². The molecule has 19 heavy (non-hydrogen) atoms. The highest BCUT2D eigenvalue weighted by Crippen LogP contribution is 2.22. The van der Waals surface area contributed by atoms with Crippen molar-refractivity contribution in [3.05, 3.63) is 11.4 Å². The summed E-state index contributed by atoms with van der Waals surface area (Å²) in [5, 5.41) is 6.82. The van der Waals surface area contributed by atoms with Gasteiger partial charge in [0, 0.05) is 18.2 Å². The van der Waals surface area contributed by atoms with Crippen LogP contribution in [-0.4, -0.2) is 22.6 Å². The highest BCUT2D eigenvalue weighted by Gasteiger charge is 2.12. The summed E-state index contributed by atoms with van der Waals surface area (Å²) in [6, 6.07) is 0.428. The molecule has 0 aromatic carbocycles. The number of hydrogen-bond donors (Lipinski definition) is 2. The van der Waals surface area contributed by atoms with E-state index in [4.69, 9.17) is 0 Å². The maximum absolute atomic E-state index is 4.53. The van der Waals surface area contributed by atoms with Crippen LogP contribution < -0.4 is 10.6 Å². The van der Waals surface area contributed by atoms with Gasteiger partial charge < -0.3 is 10.6 Å². The molecule has 1 rings (SSSR count). The molecule has 0 spiro atoms. The monoisotopic (exact) mass is 264 g/mol. The summed E-state index contributed by atoms with van der Waals surface area (Å²) in [6.45, 7) is 13.7. The van der Waals surface area contributed by atoms with Crippen LogP contribution in [0.5, 0.6) is 0 Å². The molecule has 0 amide bonds. The Morgan fingerprint density at radius 3 is 2.26 bits per heavy atom. The standard InChI is InChI=1S/C15H28N4/c1-7-10(3)9-11(4)17-15-12(5)14(16-8-2)18-13(6)19-15/h10-11H,7-9H2,1-6H3,(H2,16,17,18,19). The number of aryl methyl sites for hydroxylation is 1. The van der Waals surface area contributed by atoms with Crippen molar-refractivity contribution in [2.24, 2.45) is 5.92 Å². The van der Waals surface area contributed by atoms with Gasteiger partial charge in [-0.1, -0.05) is 20.3 Å². The molecule has 0 saturated heterocycles. The molecular weight excluding hydrogens is 236 g/mol. The van der Waals surface area contributed by atoms with E-state index in [9.17, 15) is 0 Å². The summed E-state index contributed by atoms with van der Waals surface area (Å²) in [4.78, 5) is 8.97. The van der Waals surface area contributed by atoms with Gasteiger partial charge in [-0.3, -0.25) is 0 Å². The van der Waals surface area contributed by atoms with Crippen LogP contribution in [0, 0.1) is 19.8 Å². The molecule has 108 valence electrons. The second-order valence-electron chi connectivity index (χ2n) is 5.42. The third-order valence-electron chi connectivity index (χ3n) is 3.44. The van der Waals surface area contributed by atoms with Crippen LogP contribution in [-0.2, 0) is 0 Å². The smallest absolute Gasteiger partial charge is 0.134 e. The number of aromatic nitrogens is 2. The minimum absolute atomic E-state index is 0.428. The van der Waals surface area contributed by atoms with Crippen LogP contribution >= 0.6 is 0 Å². The lowest BCUT2D eigenvalue weighted by Crippen LogP contribution is -2.20. The van der Waals surface area contributed by atoms with E-state index in [2.05, 4.69) is 55.2 Å². The van der Waals surface area contributed by atoms with Gasteiger partial charge in [-0.2, -0.15) is 0 Å². The van der Waals surface area contributed by atoms with Crippen LogP contribution in [0.15, 0.2) is 0 Å². The van der Waals surface area contributed by atoms with Crippen LogP contribution in [0.2, 0.25) is 0 Å². The Bertz CT molecular complexity index is 403. The number of nitrogens with zero attached hydrogens (tertiary/aromatic N) is 2. The molecule has 0 aliphatic carbocycles. The molecule has 0 radical (unpaired) electrons. The molecule has 4 nitrogen and oxygen atoms in total. The second-order valence-corrected chi connectivity index (χ2v) is 5.42. The SMILES string of the molecule is CCNc1nc(C)nc(NC(C)CC(C)CC)c1C. The molecule has 2 unspecified atom stereocenters. The van der Waals surface area contributed by atoms with Crippen LogP contribution in [0.1, 0.15) is 51.9 Å². The molecule has 2 atom stereocenters. The average Bonchev–Trinajstić information content (AvgIpc) is 2.35. The van der Waals surface area contributed by atoms with Crippen LogP contribution in [0.4, 0.5) is 11.6 Å². The molecule has 1 aromatic rings. The maximum atomic E-state index is 4.53. The fourth-order valence-electron chi connectivity index (χ4n) is 2.17. The predicted octanol–water partition coefficient (Wildman–Crippen LogP) is 3.76. The highest BCUT2D eigenvalue weighted by molar-refractivity contribution is 5.57. The maximum Gasteiger partial charge on any atom is 0.134 e. The molecule has 4 heteroatoms. The molecule has 0 aliphatic rings. The lowest BCUT2D eigenvalue weighted by atomic mass is 10.0. The Morgan fingerprint density at radius 2 is 1.68 bits per heavy atom. The van der Waals surface area contributed by atoms with Crippen LogP contribution in [0.3, 0.4) is 0 Å². The van der Waals surface area contributed by atoms with E-state index in [1.165, 1.54) is 6.42 Å². The topological polar surface area (TPSA) is 49.8 Å². The van der Waals surface area contributed by atoms with Crippen molar-refractivity contribution < 1.29 is 0 Å². The molecule has 0 fully saturated rings. The third kappa shape index (κ3) is 4.69. The Labute approximate surface area is 117 Å². The first-order chi connectivity index (χ1) is 8.97. The molecule has 2 N–H and O–H groups in total. The summed E-state index contributed by atoms with van der Waals surface area (Å²) >= 11 is 0. The lowest BCUT2D eigenvalue weighted by Gasteiger charge is -2.20. The summed E-state index contributed by atoms with van der Waals surface area (Å²) < 4.78 is 0. The van der Waals surface area contributed by atoms with Crippen molar-refractivity contribution in [3.63, 3.8) is 0 Å². The van der Waals surface area contributed by atoms with Crippen molar-refractivity contribution >= 4 is 11.6 Å². The van der Waals surface area contributed by atoms with E-state index in [1.54, 1.807) is 0 Å². The molecule has 0 bridgehead atoms. The first-order valence-electron chi connectivity index (χ1n) is 7.33. The molecule has 0 aliphatic heterocycles.